The molecule has 0 aliphatic rings. The van der Waals surface area contributed by atoms with Crippen LogP contribution >= 0.6 is 11.8 Å². The number of hydrogen-bond acceptors (Lipinski definition) is 6. The highest BCUT2D eigenvalue weighted by atomic mass is 32.2. The van der Waals surface area contributed by atoms with E-state index in [-0.39, 0.29) is 11.8 Å². The Kier molecular flexibility index (Phi) is 5.97. The number of ether oxygens (including phenoxy) is 1. The number of hydrogen-bond donors (Lipinski definition) is 1. The van der Waals surface area contributed by atoms with Gasteiger partial charge in [0.05, 0.1) is 5.69 Å². The zero-order valence-corrected chi connectivity index (χ0v) is 18.9. The number of halogens is 1. The molecular formula is C26H19FN4O2S. The third kappa shape index (κ3) is 4.35. The monoisotopic (exact) mass is 470 g/mol. The predicted octanol–water partition coefficient (Wildman–Crippen LogP) is 6.56. The van der Waals surface area contributed by atoms with Crippen molar-refractivity contribution in [3.8, 4) is 45.8 Å². The van der Waals surface area contributed by atoms with Gasteiger partial charge in [0.25, 0.3) is 0 Å². The smallest absolute Gasteiger partial charge is 0.322 e. The van der Waals surface area contributed by atoms with E-state index in [1.54, 1.807) is 48.3 Å². The molecule has 0 fully saturated rings. The van der Waals surface area contributed by atoms with Gasteiger partial charge in [0.1, 0.15) is 23.0 Å². The summed E-state index contributed by atoms with van der Waals surface area (Å²) in [4.78, 5) is 14.5. The third-order valence-electron chi connectivity index (χ3n) is 5.15. The van der Waals surface area contributed by atoms with Gasteiger partial charge in [0.15, 0.2) is 5.82 Å². The number of aromatic nitrogens is 4. The molecule has 8 heteroatoms. The van der Waals surface area contributed by atoms with Crippen LogP contribution in [0.2, 0.25) is 0 Å². The molecule has 0 aliphatic carbocycles. The maximum absolute atomic E-state index is 13.6. The molecule has 0 unspecified atom stereocenters. The second kappa shape index (κ2) is 9.36. The quantitative estimate of drug-likeness (QED) is 0.224. The lowest BCUT2D eigenvalue weighted by Crippen LogP contribution is -1.98. The lowest BCUT2D eigenvalue weighted by molar-refractivity contribution is 0.195. The lowest BCUT2D eigenvalue weighted by atomic mass is 10.1. The van der Waals surface area contributed by atoms with E-state index in [9.17, 15) is 9.60 Å². The molecule has 34 heavy (non-hydrogen) atoms. The van der Waals surface area contributed by atoms with Gasteiger partial charge in [-0.1, -0.05) is 30.3 Å². The van der Waals surface area contributed by atoms with Crippen molar-refractivity contribution in [2.45, 2.75) is 4.90 Å². The summed E-state index contributed by atoms with van der Waals surface area (Å²) >= 11 is 1.63. The minimum absolute atomic E-state index is 0.145. The summed E-state index contributed by atoms with van der Waals surface area (Å²) in [7, 11) is 0. The topological polar surface area (TPSA) is 73.1 Å². The highest BCUT2D eigenvalue weighted by Crippen LogP contribution is 2.35. The Bertz CT molecular complexity index is 1420. The average molecular weight is 471 g/mol. The second-order valence-electron chi connectivity index (χ2n) is 7.32. The summed E-state index contributed by atoms with van der Waals surface area (Å²) in [6.07, 6.45) is 3.56. The summed E-state index contributed by atoms with van der Waals surface area (Å²) in [6.45, 7) is 0. The maximum atomic E-state index is 13.6. The highest BCUT2D eigenvalue weighted by molar-refractivity contribution is 7.98. The molecule has 0 atom stereocenters. The first-order chi connectivity index (χ1) is 16.6. The first kappa shape index (κ1) is 21.7. The van der Waals surface area contributed by atoms with Gasteiger partial charge in [-0.15, -0.1) is 11.8 Å². The van der Waals surface area contributed by atoms with E-state index < -0.39 is 0 Å². The molecule has 0 amide bonds. The van der Waals surface area contributed by atoms with E-state index in [4.69, 9.17) is 9.72 Å². The fraction of sp³-hybridized carbons (Fsp3) is 0.0385. The fourth-order valence-corrected chi connectivity index (χ4v) is 3.91. The number of rotatable bonds is 6. The van der Waals surface area contributed by atoms with Gasteiger partial charge < -0.3 is 9.94 Å². The van der Waals surface area contributed by atoms with E-state index in [2.05, 4.69) is 9.97 Å². The number of thioether (sulfide) groups is 1. The second-order valence-corrected chi connectivity index (χ2v) is 8.20. The summed E-state index contributed by atoms with van der Waals surface area (Å²) in [5.74, 6) is 0.564. The predicted molar refractivity (Wildman–Crippen MR) is 130 cm³/mol. The van der Waals surface area contributed by atoms with Crippen molar-refractivity contribution in [1.82, 2.24) is 19.7 Å². The molecule has 5 rings (SSSR count). The molecular weight excluding hydrogens is 451 g/mol. The average Bonchev–Trinajstić information content (AvgIpc) is 3.22. The van der Waals surface area contributed by atoms with Crippen LogP contribution in [-0.2, 0) is 0 Å². The van der Waals surface area contributed by atoms with Crippen molar-refractivity contribution < 1.29 is 14.3 Å². The van der Waals surface area contributed by atoms with Gasteiger partial charge in [-0.25, -0.2) is 14.4 Å². The van der Waals surface area contributed by atoms with E-state index in [1.807, 2.05) is 48.7 Å². The van der Waals surface area contributed by atoms with Crippen LogP contribution in [0.4, 0.5) is 4.39 Å². The molecule has 0 saturated carbocycles. The van der Waals surface area contributed by atoms with Crippen LogP contribution < -0.4 is 4.74 Å². The summed E-state index contributed by atoms with van der Waals surface area (Å²) in [6, 6.07) is 24.6. The molecule has 6 nitrogen and oxygen atoms in total. The molecule has 0 radical (unpaired) electrons. The Hall–Kier alpha value is -4.17. The van der Waals surface area contributed by atoms with E-state index in [1.165, 1.54) is 12.1 Å². The molecule has 168 valence electrons. The Morgan fingerprint density at radius 1 is 0.853 bits per heavy atom. The lowest BCUT2D eigenvalue weighted by Gasteiger charge is -2.08. The molecule has 0 spiro atoms. The Morgan fingerprint density at radius 3 is 2.26 bits per heavy atom. The summed E-state index contributed by atoms with van der Waals surface area (Å²) < 4.78 is 20.4. The van der Waals surface area contributed by atoms with Crippen molar-refractivity contribution >= 4 is 11.8 Å². The fourth-order valence-electron chi connectivity index (χ4n) is 3.50. The van der Waals surface area contributed by atoms with Gasteiger partial charge in [-0.3, -0.25) is 0 Å². The number of nitrogens with zero attached hydrogens (tertiary/aromatic N) is 4. The van der Waals surface area contributed by atoms with Crippen molar-refractivity contribution in [1.29, 1.82) is 0 Å². The van der Waals surface area contributed by atoms with Crippen LogP contribution in [0, 0.1) is 5.82 Å². The van der Waals surface area contributed by atoms with Gasteiger partial charge in [0, 0.05) is 22.2 Å². The molecule has 1 N–H and O–H groups in total. The van der Waals surface area contributed by atoms with Crippen LogP contribution in [0.1, 0.15) is 0 Å². The molecule has 0 aliphatic heterocycles. The largest absolute Gasteiger partial charge is 0.426 e. The van der Waals surface area contributed by atoms with Crippen molar-refractivity contribution in [3.63, 3.8) is 0 Å². The maximum Gasteiger partial charge on any atom is 0.322 e. The third-order valence-corrected chi connectivity index (χ3v) is 5.89. The molecule has 0 bridgehead atoms. The van der Waals surface area contributed by atoms with Crippen molar-refractivity contribution in [3.05, 3.63) is 96.9 Å². The first-order valence-electron chi connectivity index (χ1n) is 10.4. The van der Waals surface area contributed by atoms with Crippen LogP contribution in [0.5, 0.6) is 11.8 Å². The van der Waals surface area contributed by atoms with E-state index in [0.29, 0.717) is 34.2 Å². The van der Waals surface area contributed by atoms with E-state index >= 15 is 0 Å². The molecule has 2 heterocycles. The molecule has 3 aromatic carbocycles. The molecule has 0 saturated heterocycles. The highest BCUT2D eigenvalue weighted by Gasteiger charge is 2.22. The van der Waals surface area contributed by atoms with Crippen LogP contribution in [0.25, 0.3) is 34.0 Å². The Morgan fingerprint density at radius 2 is 1.56 bits per heavy atom. The van der Waals surface area contributed by atoms with Crippen molar-refractivity contribution in [2.75, 3.05) is 6.26 Å². The number of benzene rings is 3. The van der Waals surface area contributed by atoms with Gasteiger partial charge in [0.2, 0.25) is 0 Å². The molecule has 5 aromatic rings. The minimum atomic E-state index is -0.372. The summed E-state index contributed by atoms with van der Waals surface area (Å²) in [5.41, 5.74) is 2.56. The van der Waals surface area contributed by atoms with Gasteiger partial charge in [-0.05, 0) is 60.9 Å². The van der Waals surface area contributed by atoms with Crippen LogP contribution in [0.15, 0.2) is 96.0 Å². The Balaban J connectivity index is 1.63. The van der Waals surface area contributed by atoms with Crippen LogP contribution in [-0.4, -0.2) is 31.1 Å². The summed E-state index contributed by atoms with van der Waals surface area (Å²) in [5, 5.41) is 11.2. The minimum Gasteiger partial charge on any atom is -0.426 e. The normalized spacial score (nSPS) is 10.9. The molecule has 2 aromatic heterocycles. The van der Waals surface area contributed by atoms with E-state index in [0.717, 1.165) is 15.2 Å². The Labute approximate surface area is 199 Å². The SMILES string of the molecule is CSc1ccc(-c2nc(-c3ccnc(Oc4ccccc4)n3)c(-c3ccc(F)cc3)n2O)cc1. The number of para-hydroxylation sites is 1. The zero-order valence-electron chi connectivity index (χ0n) is 18.1. The zero-order chi connectivity index (χ0) is 23.5. The van der Waals surface area contributed by atoms with Crippen molar-refractivity contribution in [2.24, 2.45) is 0 Å². The van der Waals surface area contributed by atoms with Gasteiger partial charge in [-0.2, -0.15) is 9.71 Å². The first-order valence-corrected chi connectivity index (χ1v) is 11.6. The number of imidazole rings is 1. The van der Waals surface area contributed by atoms with Gasteiger partial charge >= 0.3 is 6.01 Å². The van der Waals surface area contributed by atoms with Crippen LogP contribution in [0.3, 0.4) is 0 Å². The standard InChI is InChI=1S/C26H19FN4O2S/c1-34-21-13-9-18(10-14-21)25-30-23(24(31(25)32)17-7-11-19(27)12-8-17)22-15-16-28-26(29-22)33-20-5-3-2-4-6-20/h2-16,32H,1H3.